The molecule has 1 aliphatic heterocycles. The molecular weight excluding hydrogens is 330 g/mol. The highest BCUT2D eigenvalue weighted by atomic mass is 16.5. The van der Waals surface area contributed by atoms with E-state index in [4.69, 9.17) is 14.2 Å². The van der Waals surface area contributed by atoms with E-state index in [0.717, 1.165) is 54.2 Å². The summed E-state index contributed by atoms with van der Waals surface area (Å²) in [5.41, 5.74) is 3.09. The summed E-state index contributed by atoms with van der Waals surface area (Å²) in [6, 6.07) is 14.0. The second-order valence-electron chi connectivity index (χ2n) is 6.12. The number of nitrogens with zero attached hydrogens (tertiary/aromatic N) is 3. The predicted octanol–water partition coefficient (Wildman–Crippen LogP) is 3.05. The van der Waals surface area contributed by atoms with Gasteiger partial charge in [0.2, 0.25) is 5.88 Å². The average Bonchev–Trinajstić information content (AvgIpc) is 2.73. The van der Waals surface area contributed by atoms with Crippen molar-refractivity contribution in [3.05, 3.63) is 54.4 Å². The maximum atomic E-state index is 5.94. The summed E-state index contributed by atoms with van der Waals surface area (Å²) in [5.74, 6) is 1.43. The Kier molecular flexibility index (Phi) is 4.84. The van der Waals surface area contributed by atoms with E-state index < -0.39 is 0 Å². The Morgan fingerprint density at radius 2 is 1.85 bits per heavy atom. The minimum Gasteiger partial charge on any atom is -0.497 e. The second-order valence-corrected chi connectivity index (χ2v) is 6.12. The molecule has 1 saturated heterocycles. The van der Waals surface area contributed by atoms with Gasteiger partial charge in [-0.3, -0.25) is 0 Å². The monoisotopic (exact) mass is 351 g/mol. The molecule has 1 fully saturated rings. The number of hydrogen-bond donors (Lipinski definition) is 0. The lowest BCUT2D eigenvalue weighted by molar-refractivity contribution is 0.122. The maximum Gasteiger partial charge on any atom is 0.224 e. The van der Waals surface area contributed by atoms with Gasteiger partial charge in [-0.1, -0.05) is 12.1 Å². The van der Waals surface area contributed by atoms with Crippen molar-refractivity contribution in [3.8, 4) is 11.6 Å². The van der Waals surface area contributed by atoms with Crippen LogP contribution in [0.15, 0.2) is 48.8 Å². The van der Waals surface area contributed by atoms with Crippen LogP contribution in [0.4, 0.5) is 5.69 Å². The van der Waals surface area contributed by atoms with Gasteiger partial charge < -0.3 is 19.1 Å². The number of methoxy groups -OCH3 is 1. The smallest absolute Gasteiger partial charge is 0.224 e. The molecule has 0 radical (unpaired) electrons. The molecule has 26 heavy (non-hydrogen) atoms. The molecular formula is C20H21N3O3. The van der Waals surface area contributed by atoms with Gasteiger partial charge in [-0.05, 0) is 35.9 Å². The van der Waals surface area contributed by atoms with Crippen LogP contribution in [0.3, 0.4) is 0 Å². The van der Waals surface area contributed by atoms with Crippen molar-refractivity contribution in [1.82, 2.24) is 9.97 Å². The summed E-state index contributed by atoms with van der Waals surface area (Å²) < 4.78 is 16.5. The molecule has 0 saturated carbocycles. The lowest BCUT2D eigenvalue weighted by atomic mass is 10.2. The topological polar surface area (TPSA) is 56.7 Å². The first-order chi connectivity index (χ1) is 12.8. The van der Waals surface area contributed by atoms with E-state index in [2.05, 4.69) is 27.0 Å². The third-order valence-corrected chi connectivity index (χ3v) is 4.49. The van der Waals surface area contributed by atoms with E-state index in [1.54, 1.807) is 13.4 Å². The van der Waals surface area contributed by atoms with Crippen LogP contribution in [0, 0.1) is 0 Å². The van der Waals surface area contributed by atoms with Crippen molar-refractivity contribution in [2.24, 2.45) is 0 Å². The van der Waals surface area contributed by atoms with Crippen LogP contribution < -0.4 is 14.4 Å². The van der Waals surface area contributed by atoms with Crippen LogP contribution in [-0.2, 0) is 11.3 Å². The number of hydrogen-bond acceptors (Lipinski definition) is 6. The SMILES string of the molecule is COc1ccc(COc2ncnc3cc(N4CCOCC4)ccc23)cc1. The van der Waals surface area contributed by atoms with E-state index in [9.17, 15) is 0 Å². The summed E-state index contributed by atoms with van der Waals surface area (Å²) in [7, 11) is 1.66. The minimum absolute atomic E-state index is 0.446. The number of anilines is 1. The van der Waals surface area contributed by atoms with Gasteiger partial charge in [-0.2, -0.15) is 0 Å². The van der Waals surface area contributed by atoms with Gasteiger partial charge in [0.05, 0.1) is 31.2 Å². The normalized spacial score (nSPS) is 14.4. The molecule has 0 bridgehead atoms. The zero-order chi connectivity index (χ0) is 17.8. The van der Waals surface area contributed by atoms with Crippen LogP contribution in [0.5, 0.6) is 11.6 Å². The van der Waals surface area contributed by atoms with E-state index >= 15 is 0 Å². The molecule has 0 spiro atoms. The molecule has 0 unspecified atom stereocenters. The number of ether oxygens (including phenoxy) is 3. The predicted molar refractivity (Wildman–Crippen MR) is 99.9 cm³/mol. The molecule has 1 aromatic heterocycles. The van der Waals surface area contributed by atoms with Gasteiger partial charge in [0.1, 0.15) is 18.7 Å². The summed E-state index contributed by atoms with van der Waals surface area (Å²) in [5, 5.41) is 0.915. The molecule has 0 amide bonds. The van der Waals surface area contributed by atoms with Gasteiger partial charge in [-0.15, -0.1) is 0 Å². The number of rotatable bonds is 5. The largest absolute Gasteiger partial charge is 0.497 e. The quantitative estimate of drug-likeness (QED) is 0.704. The zero-order valence-corrected chi connectivity index (χ0v) is 14.7. The Bertz CT molecular complexity index is 877. The van der Waals surface area contributed by atoms with Crippen LogP contribution in [-0.4, -0.2) is 43.4 Å². The van der Waals surface area contributed by atoms with Crippen molar-refractivity contribution in [1.29, 1.82) is 0 Å². The van der Waals surface area contributed by atoms with E-state index in [-0.39, 0.29) is 0 Å². The number of fused-ring (bicyclic) bond motifs is 1. The number of aromatic nitrogens is 2. The van der Waals surface area contributed by atoms with Crippen molar-refractivity contribution in [3.63, 3.8) is 0 Å². The van der Waals surface area contributed by atoms with Crippen molar-refractivity contribution in [2.75, 3.05) is 38.3 Å². The highest BCUT2D eigenvalue weighted by molar-refractivity contribution is 5.86. The lowest BCUT2D eigenvalue weighted by Gasteiger charge is -2.28. The molecule has 3 aromatic rings. The molecule has 134 valence electrons. The van der Waals surface area contributed by atoms with Crippen molar-refractivity contribution >= 4 is 16.6 Å². The maximum absolute atomic E-state index is 5.94. The Balaban J connectivity index is 1.53. The molecule has 0 aliphatic carbocycles. The first-order valence-corrected chi connectivity index (χ1v) is 8.67. The van der Waals surface area contributed by atoms with Gasteiger partial charge in [0.25, 0.3) is 0 Å². The minimum atomic E-state index is 0.446. The lowest BCUT2D eigenvalue weighted by Crippen LogP contribution is -2.36. The van der Waals surface area contributed by atoms with Gasteiger partial charge in [0, 0.05) is 18.8 Å². The van der Waals surface area contributed by atoms with E-state index in [1.165, 1.54) is 0 Å². The number of morpholine rings is 1. The van der Waals surface area contributed by atoms with Crippen LogP contribution in [0.2, 0.25) is 0 Å². The standard InChI is InChI=1S/C20H21N3O3/c1-24-17-5-2-15(3-6-17)13-26-20-18-7-4-16(12-19(18)21-14-22-20)23-8-10-25-11-9-23/h2-7,12,14H,8-11,13H2,1H3. The molecule has 6 nitrogen and oxygen atoms in total. The molecule has 6 heteroatoms. The van der Waals surface area contributed by atoms with Crippen LogP contribution in [0.25, 0.3) is 10.9 Å². The van der Waals surface area contributed by atoms with Crippen molar-refractivity contribution < 1.29 is 14.2 Å². The van der Waals surface area contributed by atoms with Crippen LogP contribution >= 0.6 is 0 Å². The fourth-order valence-corrected chi connectivity index (χ4v) is 3.03. The molecule has 0 N–H and O–H groups in total. The number of benzene rings is 2. The molecule has 2 heterocycles. The summed E-state index contributed by atoms with van der Waals surface area (Å²) in [4.78, 5) is 11.0. The first kappa shape index (κ1) is 16.6. The first-order valence-electron chi connectivity index (χ1n) is 8.67. The van der Waals surface area contributed by atoms with E-state index in [0.29, 0.717) is 12.5 Å². The summed E-state index contributed by atoms with van der Waals surface area (Å²) in [6.07, 6.45) is 1.55. The van der Waals surface area contributed by atoms with E-state index in [1.807, 2.05) is 30.3 Å². The Morgan fingerprint density at radius 3 is 2.62 bits per heavy atom. The highest BCUT2D eigenvalue weighted by Crippen LogP contribution is 2.27. The molecule has 2 aromatic carbocycles. The van der Waals surface area contributed by atoms with Gasteiger partial charge >= 0.3 is 0 Å². The highest BCUT2D eigenvalue weighted by Gasteiger charge is 2.13. The fraction of sp³-hybridized carbons (Fsp3) is 0.300. The van der Waals surface area contributed by atoms with Crippen LogP contribution in [0.1, 0.15) is 5.56 Å². The Labute approximate surface area is 152 Å². The third-order valence-electron chi connectivity index (χ3n) is 4.49. The Morgan fingerprint density at radius 1 is 1.04 bits per heavy atom. The molecule has 4 rings (SSSR count). The summed E-state index contributed by atoms with van der Waals surface area (Å²) >= 11 is 0. The van der Waals surface area contributed by atoms with Crippen molar-refractivity contribution in [2.45, 2.75) is 6.61 Å². The molecule has 1 aliphatic rings. The zero-order valence-electron chi connectivity index (χ0n) is 14.7. The Hall–Kier alpha value is -2.86. The second kappa shape index (κ2) is 7.58. The average molecular weight is 351 g/mol. The summed E-state index contributed by atoms with van der Waals surface area (Å²) in [6.45, 7) is 3.77. The van der Waals surface area contributed by atoms with Gasteiger partial charge in [-0.25, -0.2) is 9.97 Å². The fourth-order valence-electron chi connectivity index (χ4n) is 3.03. The van der Waals surface area contributed by atoms with Gasteiger partial charge in [0.15, 0.2) is 0 Å². The molecule has 0 atom stereocenters. The third kappa shape index (κ3) is 3.55.